The van der Waals surface area contributed by atoms with Gasteiger partial charge >= 0.3 is 44.8 Å². The Hall–Kier alpha value is -5.18. The molecular formula is C58H50Au2N2P2+2. The summed E-state index contributed by atoms with van der Waals surface area (Å²) in [6.45, 7) is 0. The fourth-order valence-corrected chi connectivity index (χ4v) is 14.0. The van der Waals surface area contributed by atoms with Crippen LogP contribution in [0.4, 0.5) is 0 Å². The Morgan fingerprint density at radius 3 is 0.953 bits per heavy atom. The number of benzene rings is 8. The maximum atomic E-state index is 7.16. The van der Waals surface area contributed by atoms with Gasteiger partial charge in [0.1, 0.15) is 0 Å². The van der Waals surface area contributed by atoms with Crippen LogP contribution >= 0.6 is 15.8 Å². The van der Waals surface area contributed by atoms with Gasteiger partial charge in [-0.25, -0.2) is 0 Å². The van der Waals surface area contributed by atoms with Gasteiger partial charge in [-0.15, -0.1) is 35.4 Å². The van der Waals surface area contributed by atoms with Crippen molar-refractivity contribution in [2.24, 2.45) is 14.1 Å². The molecule has 0 unspecified atom stereocenters. The third-order valence-corrected chi connectivity index (χ3v) is 17.5. The predicted molar refractivity (Wildman–Crippen MR) is 273 cm³/mol. The van der Waals surface area contributed by atoms with Crippen LogP contribution in [0.1, 0.15) is 24.0 Å². The summed E-state index contributed by atoms with van der Waals surface area (Å²) in [6.07, 6.45) is 19.5. The average Bonchev–Trinajstić information content (AvgIpc) is 3.80. The van der Waals surface area contributed by atoms with Crippen molar-refractivity contribution in [3.05, 3.63) is 230 Å². The van der Waals surface area contributed by atoms with E-state index in [0.717, 1.165) is 22.2 Å². The number of fused-ring (bicyclic) bond motifs is 6. The summed E-state index contributed by atoms with van der Waals surface area (Å²) in [5.74, 6) is 4.85. The number of hydrogen-bond acceptors (Lipinski definition) is 0. The molecule has 322 valence electrons. The fourth-order valence-electron chi connectivity index (χ4n) is 8.55. The minimum atomic E-state index is -0.714. The van der Waals surface area contributed by atoms with E-state index in [1.807, 2.05) is 36.4 Å². The predicted octanol–water partition coefficient (Wildman–Crippen LogP) is 12.0. The molecule has 10 aromatic rings. The van der Waals surface area contributed by atoms with Crippen LogP contribution in [0.25, 0.3) is 43.6 Å². The zero-order valence-electron chi connectivity index (χ0n) is 36.0. The number of rotatable bonds is 9. The summed E-state index contributed by atoms with van der Waals surface area (Å²) in [5.41, 5.74) is 6.38. The quantitative estimate of drug-likeness (QED) is 0.0448. The molecule has 2 aromatic heterocycles. The van der Waals surface area contributed by atoms with E-state index >= 15 is 0 Å². The molecule has 0 aliphatic heterocycles. The molecule has 0 aliphatic rings. The molecule has 2 nitrogen and oxygen atoms in total. The van der Waals surface area contributed by atoms with E-state index in [-0.39, 0.29) is 44.8 Å². The number of nitrogens with zero attached hydrogens (tertiary/aromatic N) is 2. The molecule has 10 rings (SSSR count). The maximum absolute atomic E-state index is 7.16. The molecular weight excluding hydrogens is 1180 g/mol. The van der Waals surface area contributed by atoms with E-state index in [1.165, 1.54) is 79.0 Å². The first-order chi connectivity index (χ1) is 30.5. The van der Waals surface area contributed by atoms with Gasteiger partial charge in [0.15, 0.2) is 0 Å². The molecule has 0 spiro atoms. The first-order valence-electron chi connectivity index (χ1n) is 21.3. The van der Waals surface area contributed by atoms with E-state index in [2.05, 4.69) is 205 Å². The second kappa shape index (κ2) is 23.7. The summed E-state index contributed by atoms with van der Waals surface area (Å²) in [5, 5.41) is 11.1. The smallest absolute Gasteiger partial charge is 0.366 e. The minimum absolute atomic E-state index is 0. The Kier molecular flexibility index (Phi) is 17.9. The normalized spacial score (nSPS) is 10.6. The third-order valence-electron chi connectivity index (χ3n) is 11.7. The van der Waals surface area contributed by atoms with Gasteiger partial charge in [-0.3, -0.25) is 11.8 Å². The van der Waals surface area contributed by atoms with Crippen LogP contribution in [0.15, 0.2) is 206 Å². The number of hydrogen-bond donors (Lipinski definition) is 0. The molecule has 0 atom stereocenters. The molecule has 0 amide bonds. The molecule has 0 bridgehead atoms. The van der Waals surface area contributed by atoms with Gasteiger partial charge in [-0.2, -0.15) is 0 Å². The van der Waals surface area contributed by atoms with Crippen LogP contribution in [0, 0.1) is 24.7 Å². The zero-order valence-corrected chi connectivity index (χ0v) is 42.3. The number of aryl methyl sites for hydroxylation is 2. The van der Waals surface area contributed by atoms with E-state index in [4.69, 9.17) is 12.8 Å². The van der Waals surface area contributed by atoms with Gasteiger partial charge in [-0.1, -0.05) is 121 Å². The Bertz CT molecular complexity index is 2840. The van der Waals surface area contributed by atoms with Crippen LogP contribution < -0.4 is 21.2 Å². The monoisotopic (exact) mass is 1230 g/mol. The molecule has 0 saturated heterocycles. The van der Waals surface area contributed by atoms with Gasteiger partial charge in [0.05, 0.1) is 49.4 Å². The molecule has 0 radical (unpaired) electrons. The molecule has 6 heteroatoms. The van der Waals surface area contributed by atoms with Gasteiger partial charge in [0.2, 0.25) is 0 Å². The van der Waals surface area contributed by atoms with Crippen molar-refractivity contribution in [2.75, 3.05) is 12.3 Å². The van der Waals surface area contributed by atoms with E-state index in [9.17, 15) is 0 Å². The van der Waals surface area contributed by atoms with E-state index in [1.54, 1.807) is 0 Å². The summed E-state index contributed by atoms with van der Waals surface area (Å²) in [4.78, 5) is 0. The molecule has 64 heavy (non-hydrogen) atoms. The Morgan fingerprint density at radius 2 is 0.641 bits per heavy atom. The molecule has 0 N–H and O–H groups in total. The maximum Gasteiger partial charge on any atom is 1.00 e. The first-order valence-corrected chi connectivity index (χ1v) is 24.7. The first kappa shape index (κ1) is 48.3. The largest absolute Gasteiger partial charge is 1.00 e. The summed E-state index contributed by atoms with van der Waals surface area (Å²) in [7, 11) is 2.68. The summed E-state index contributed by atoms with van der Waals surface area (Å²) < 4.78 is 4.32. The van der Waals surface area contributed by atoms with Crippen LogP contribution in [0.3, 0.4) is 0 Å². The molecule has 2 heterocycles. The Labute approximate surface area is 412 Å². The van der Waals surface area contributed by atoms with Crippen LogP contribution in [-0.2, 0) is 58.9 Å². The van der Waals surface area contributed by atoms with Gasteiger partial charge in [0.25, 0.3) is 0 Å². The zero-order chi connectivity index (χ0) is 42.7. The second-order valence-corrected chi connectivity index (χ2v) is 20.7. The van der Waals surface area contributed by atoms with Crippen molar-refractivity contribution in [2.45, 2.75) is 12.8 Å². The van der Waals surface area contributed by atoms with E-state index < -0.39 is 15.8 Å². The van der Waals surface area contributed by atoms with Gasteiger partial charge in [-0.05, 0) is 73.5 Å². The average molecular weight is 1230 g/mol. The Balaban J connectivity index is 0.000000170. The summed E-state index contributed by atoms with van der Waals surface area (Å²) >= 11 is 0. The number of unbranched alkanes of at least 4 members (excludes halogenated alkanes) is 1. The Morgan fingerprint density at radius 1 is 0.359 bits per heavy atom. The van der Waals surface area contributed by atoms with Crippen molar-refractivity contribution >= 4 is 80.7 Å². The van der Waals surface area contributed by atoms with Crippen molar-refractivity contribution in [1.29, 1.82) is 0 Å². The van der Waals surface area contributed by atoms with Crippen LogP contribution in [-0.4, -0.2) is 21.5 Å². The fraction of sp³-hybridized carbons (Fsp3) is 0.103. The van der Waals surface area contributed by atoms with Gasteiger partial charge < -0.3 is 22.0 Å². The number of para-hydroxylation sites is 2. The SMILES string of the molecule is [Au+].[Au+].[C-]#Cc1ccc2c3ccccc3n(C)c2c1.[C-]#Cc1ccc2c3ccccc3n(C)c2c1.c1ccc([PH+](CCCC[PH+](c2ccccc2)c2ccccc2)c2ccccc2)cc1. The van der Waals surface area contributed by atoms with E-state index in [0.29, 0.717) is 0 Å². The van der Waals surface area contributed by atoms with Crippen molar-refractivity contribution in [3.8, 4) is 11.8 Å². The van der Waals surface area contributed by atoms with Crippen molar-refractivity contribution in [1.82, 2.24) is 9.13 Å². The van der Waals surface area contributed by atoms with Gasteiger partial charge in [0, 0.05) is 57.7 Å². The third kappa shape index (κ3) is 11.2. The molecule has 0 aliphatic carbocycles. The topological polar surface area (TPSA) is 9.86 Å². The minimum Gasteiger partial charge on any atom is -0.366 e. The van der Waals surface area contributed by atoms with Crippen LogP contribution in [0.2, 0.25) is 0 Å². The van der Waals surface area contributed by atoms with Crippen molar-refractivity contribution in [3.63, 3.8) is 0 Å². The molecule has 0 fully saturated rings. The van der Waals surface area contributed by atoms with Crippen molar-refractivity contribution < 1.29 is 44.8 Å². The standard InChI is InChI=1S/C28H28P2.2C15H10N.2Au/c1-5-15-25(16-6-1)29(26-17-7-2-8-18-26)23-13-14-24-30(27-19-9-3-10-20-27)28-21-11-4-12-22-28;2*1-3-11-8-9-13-12-6-4-5-7-14(12)16(2)15(13)10-11;;/h1-12,15-22H,13-14,23-24H2;2*4-10H,2H3;;/q;2*-1;2*+1/p+2. The molecule has 8 aromatic carbocycles. The van der Waals surface area contributed by atoms with Crippen LogP contribution in [0.5, 0.6) is 0 Å². The second-order valence-electron chi connectivity index (χ2n) is 15.5. The summed E-state index contributed by atoms with van der Waals surface area (Å²) in [6, 6.07) is 73.3. The molecule has 0 saturated carbocycles. The number of aromatic nitrogens is 2.